The summed E-state index contributed by atoms with van der Waals surface area (Å²) in [6.07, 6.45) is 3.90. The first-order chi connectivity index (χ1) is 12.5. The Morgan fingerprint density at radius 2 is 1.92 bits per heavy atom. The number of ketones is 1. The van der Waals surface area contributed by atoms with Gasteiger partial charge in [-0.25, -0.2) is 14.4 Å². The van der Waals surface area contributed by atoms with Gasteiger partial charge >= 0.3 is 0 Å². The molecule has 1 amide bonds. The summed E-state index contributed by atoms with van der Waals surface area (Å²) in [6.45, 7) is 3.93. The Morgan fingerprint density at radius 1 is 1.23 bits per heavy atom. The number of rotatable bonds is 5. The predicted molar refractivity (Wildman–Crippen MR) is 96.5 cm³/mol. The number of halogens is 1. The first kappa shape index (κ1) is 18.2. The highest BCUT2D eigenvalue weighted by Crippen LogP contribution is 2.32. The number of Topliss-reactive ketones (excluding diaryl/α,β-unsaturated/α-hetero) is 1. The van der Waals surface area contributed by atoms with Crippen molar-refractivity contribution in [3.63, 3.8) is 0 Å². The number of anilines is 1. The number of nitrogens with zero attached hydrogens (tertiary/aromatic N) is 2. The second-order valence-electron chi connectivity index (χ2n) is 6.64. The number of aromatic nitrogens is 2. The zero-order valence-electron chi connectivity index (χ0n) is 15.0. The molecule has 136 valence electrons. The third kappa shape index (κ3) is 3.79. The van der Waals surface area contributed by atoms with E-state index < -0.39 is 0 Å². The Hall–Kier alpha value is -2.63. The second kappa shape index (κ2) is 7.72. The molecule has 0 aliphatic heterocycles. The zero-order valence-corrected chi connectivity index (χ0v) is 15.0. The van der Waals surface area contributed by atoms with Crippen molar-refractivity contribution in [3.05, 3.63) is 53.1 Å². The molecule has 0 saturated carbocycles. The van der Waals surface area contributed by atoms with Gasteiger partial charge in [0.2, 0.25) is 11.9 Å². The van der Waals surface area contributed by atoms with Crippen molar-refractivity contribution in [2.24, 2.45) is 5.92 Å². The number of fused-ring (bicyclic) bond motifs is 1. The average molecular weight is 355 g/mol. The molecule has 5 nitrogen and oxygen atoms in total. The highest BCUT2D eigenvalue weighted by molar-refractivity contribution is 5.99. The molecule has 3 rings (SSSR count). The van der Waals surface area contributed by atoms with E-state index in [9.17, 15) is 14.0 Å². The normalized spacial score (nSPS) is 16.5. The van der Waals surface area contributed by atoms with Gasteiger partial charge in [-0.1, -0.05) is 26.0 Å². The summed E-state index contributed by atoms with van der Waals surface area (Å²) in [7, 11) is 0. The van der Waals surface area contributed by atoms with Crippen LogP contribution in [0.4, 0.5) is 10.3 Å². The van der Waals surface area contributed by atoms with Crippen LogP contribution in [0.2, 0.25) is 0 Å². The van der Waals surface area contributed by atoms with E-state index in [2.05, 4.69) is 15.3 Å². The highest BCUT2D eigenvalue weighted by Gasteiger charge is 2.28. The molecule has 1 aliphatic rings. The number of benzene rings is 1. The molecular weight excluding hydrogens is 333 g/mol. The van der Waals surface area contributed by atoms with E-state index in [1.54, 1.807) is 12.1 Å². The maximum Gasteiger partial charge on any atom is 0.229 e. The Balaban J connectivity index is 1.82. The van der Waals surface area contributed by atoms with Gasteiger partial charge in [-0.15, -0.1) is 0 Å². The van der Waals surface area contributed by atoms with Crippen LogP contribution in [0.1, 0.15) is 60.6 Å². The summed E-state index contributed by atoms with van der Waals surface area (Å²) < 4.78 is 13.1. The number of hydrogen-bond donors (Lipinski definition) is 1. The standard InChI is InChI=1S/C20H22FN3O2/c1-3-12(4-2)19(26)24-20-22-11-16-17(23-20)9-14(10-18(16)25)13-5-7-15(21)8-6-13/h5-8,11-12,14H,3-4,9-10H2,1-2H3,(H,22,23,24,26)/t14-/m1/s1. The van der Waals surface area contributed by atoms with E-state index >= 15 is 0 Å². The lowest BCUT2D eigenvalue weighted by molar-refractivity contribution is -0.120. The fourth-order valence-electron chi connectivity index (χ4n) is 3.35. The minimum absolute atomic E-state index is 0.0292. The minimum Gasteiger partial charge on any atom is -0.294 e. The molecule has 0 bridgehead atoms. The molecule has 0 spiro atoms. The molecule has 0 unspecified atom stereocenters. The molecular formula is C20H22FN3O2. The number of carbonyl (C=O) groups is 2. The Labute approximate surface area is 152 Å². The molecule has 1 aromatic carbocycles. The van der Waals surface area contributed by atoms with E-state index in [1.165, 1.54) is 18.3 Å². The molecule has 1 aromatic heterocycles. The zero-order chi connectivity index (χ0) is 18.7. The SMILES string of the molecule is CCC(CC)C(=O)Nc1ncc2c(n1)C[C@@H](c1ccc(F)cc1)CC2=O. The number of hydrogen-bond acceptors (Lipinski definition) is 4. The van der Waals surface area contributed by atoms with Gasteiger partial charge in [0.25, 0.3) is 0 Å². The van der Waals surface area contributed by atoms with Crippen LogP contribution in [-0.2, 0) is 11.2 Å². The van der Waals surface area contributed by atoms with Crippen LogP contribution in [0, 0.1) is 11.7 Å². The molecule has 0 radical (unpaired) electrons. The second-order valence-corrected chi connectivity index (χ2v) is 6.64. The fraction of sp³-hybridized carbons (Fsp3) is 0.400. The molecule has 1 N–H and O–H groups in total. The van der Waals surface area contributed by atoms with Crippen LogP contribution in [0.3, 0.4) is 0 Å². The smallest absolute Gasteiger partial charge is 0.229 e. The van der Waals surface area contributed by atoms with E-state index in [1.807, 2.05) is 13.8 Å². The lowest BCUT2D eigenvalue weighted by Crippen LogP contribution is -2.25. The molecule has 0 fully saturated rings. The molecule has 2 aromatic rings. The number of nitrogens with one attached hydrogen (secondary N) is 1. The summed E-state index contributed by atoms with van der Waals surface area (Å²) in [5.41, 5.74) is 2.04. The maximum absolute atomic E-state index is 13.1. The van der Waals surface area contributed by atoms with E-state index in [0.717, 1.165) is 18.4 Å². The van der Waals surface area contributed by atoms with Crippen molar-refractivity contribution in [2.75, 3.05) is 5.32 Å². The highest BCUT2D eigenvalue weighted by atomic mass is 19.1. The van der Waals surface area contributed by atoms with Crippen LogP contribution in [-0.4, -0.2) is 21.7 Å². The van der Waals surface area contributed by atoms with Crippen molar-refractivity contribution in [1.29, 1.82) is 0 Å². The summed E-state index contributed by atoms with van der Waals surface area (Å²) in [5.74, 6) is -0.333. The first-order valence-electron chi connectivity index (χ1n) is 8.97. The molecule has 1 atom stereocenters. The average Bonchev–Trinajstić information content (AvgIpc) is 2.63. The van der Waals surface area contributed by atoms with Gasteiger partial charge in [-0.2, -0.15) is 0 Å². The Bertz CT molecular complexity index is 816. The van der Waals surface area contributed by atoms with Crippen LogP contribution in [0.25, 0.3) is 0 Å². The minimum atomic E-state index is -0.301. The van der Waals surface area contributed by atoms with Crippen molar-refractivity contribution >= 4 is 17.6 Å². The largest absolute Gasteiger partial charge is 0.294 e. The Morgan fingerprint density at radius 3 is 2.58 bits per heavy atom. The van der Waals surface area contributed by atoms with Gasteiger partial charge in [0.05, 0.1) is 11.3 Å². The number of carbonyl (C=O) groups excluding carboxylic acids is 2. The molecule has 0 saturated heterocycles. The Kier molecular flexibility index (Phi) is 5.40. The van der Waals surface area contributed by atoms with Crippen molar-refractivity contribution in [3.8, 4) is 0 Å². The topological polar surface area (TPSA) is 72.0 Å². The molecule has 6 heteroatoms. The molecule has 1 aliphatic carbocycles. The third-order valence-electron chi connectivity index (χ3n) is 4.97. The van der Waals surface area contributed by atoms with Gasteiger partial charge < -0.3 is 0 Å². The summed E-state index contributed by atoms with van der Waals surface area (Å²) >= 11 is 0. The molecule has 1 heterocycles. The van der Waals surface area contributed by atoms with Gasteiger partial charge in [0.1, 0.15) is 5.82 Å². The van der Waals surface area contributed by atoms with Crippen molar-refractivity contribution in [2.45, 2.75) is 45.4 Å². The number of amides is 1. The van der Waals surface area contributed by atoms with Crippen molar-refractivity contribution in [1.82, 2.24) is 9.97 Å². The van der Waals surface area contributed by atoms with Gasteiger partial charge in [0, 0.05) is 18.5 Å². The van der Waals surface area contributed by atoms with Crippen molar-refractivity contribution < 1.29 is 14.0 Å². The van der Waals surface area contributed by atoms with Crippen LogP contribution >= 0.6 is 0 Å². The van der Waals surface area contributed by atoms with Gasteiger partial charge in [0.15, 0.2) is 5.78 Å². The van der Waals surface area contributed by atoms with Gasteiger partial charge in [-0.3, -0.25) is 14.9 Å². The maximum atomic E-state index is 13.1. The van der Waals surface area contributed by atoms with Crippen LogP contribution < -0.4 is 5.32 Å². The van der Waals surface area contributed by atoms with Crippen LogP contribution in [0.15, 0.2) is 30.5 Å². The predicted octanol–water partition coefficient (Wildman–Crippen LogP) is 3.90. The van der Waals surface area contributed by atoms with Crippen LogP contribution in [0.5, 0.6) is 0 Å². The monoisotopic (exact) mass is 355 g/mol. The quantitative estimate of drug-likeness (QED) is 0.883. The summed E-state index contributed by atoms with van der Waals surface area (Å²) in [4.78, 5) is 33.2. The summed E-state index contributed by atoms with van der Waals surface area (Å²) in [5, 5.41) is 2.75. The first-order valence-corrected chi connectivity index (χ1v) is 8.97. The fourth-order valence-corrected chi connectivity index (χ4v) is 3.35. The summed E-state index contributed by atoms with van der Waals surface area (Å²) in [6, 6.07) is 6.21. The lowest BCUT2D eigenvalue weighted by Gasteiger charge is -2.23. The molecule has 26 heavy (non-hydrogen) atoms. The van der Waals surface area contributed by atoms with E-state index in [4.69, 9.17) is 0 Å². The van der Waals surface area contributed by atoms with E-state index in [-0.39, 0.29) is 35.3 Å². The third-order valence-corrected chi connectivity index (χ3v) is 4.97. The van der Waals surface area contributed by atoms with E-state index in [0.29, 0.717) is 24.1 Å². The lowest BCUT2D eigenvalue weighted by atomic mass is 9.82. The van der Waals surface area contributed by atoms with Gasteiger partial charge in [-0.05, 0) is 42.9 Å².